The van der Waals surface area contributed by atoms with Crippen LogP contribution in [-0.2, 0) is 31.8 Å². The van der Waals surface area contributed by atoms with E-state index in [9.17, 15) is 9.59 Å². The molecule has 2 saturated heterocycles. The van der Waals surface area contributed by atoms with Crippen LogP contribution in [0.3, 0.4) is 0 Å². The van der Waals surface area contributed by atoms with E-state index in [2.05, 4.69) is 17.4 Å². The molecule has 0 aliphatic carbocycles. The number of carbonyl (C=O) groups is 2. The molecule has 0 bridgehead atoms. The molecular formula is C31H42BFN2O5. The van der Waals surface area contributed by atoms with Gasteiger partial charge in [0.2, 0.25) is 5.91 Å². The minimum atomic E-state index is -0.777. The van der Waals surface area contributed by atoms with Crippen molar-refractivity contribution in [3.05, 3.63) is 65.0 Å². The third-order valence-electron chi connectivity index (χ3n) is 8.03. The molecule has 2 aromatic rings. The van der Waals surface area contributed by atoms with Crippen molar-refractivity contribution in [2.45, 2.75) is 97.0 Å². The molecule has 7 nitrogen and oxygen atoms in total. The number of likely N-dealkylation sites (tertiary alicyclic amines) is 1. The molecule has 2 amide bonds. The minimum Gasteiger partial charge on any atom is -0.444 e. The van der Waals surface area contributed by atoms with Gasteiger partial charge in [0.25, 0.3) is 0 Å². The van der Waals surface area contributed by atoms with Gasteiger partial charge in [-0.05, 0) is 90.0 Å². The van der Waals surface area contributed by atoms with Gasteiger partial charge in [0, 0.05) is 25.1 Å². The SMILES string of the molecule is CC(C)(C)OC(=O)NCc1cccc(C2CCN(C(=O)Cc3ccc(B4OC(C)(C)C(C)(C)O4)c(F)c3)CC2)c1. The quantitative estimate of drug-likeness (QED) is 0.505. The summed E-state index contributed by atoms with van der Waals surface area (Å²) in [5.41, 5.74) is 1.55. The van der Waals surface area contributed by atoms with E-state index in [1.54, 1.807) is 12.1 Å². The summed E-state index contributed by atoms with van der Waals surface area (Å²) in [5.74, 6) is -0.0951. The second kappa shape index (κ2) is 11.5. The molecule has 0 saturated carbocycles. The Labute approximate surface area is 237 Å². The summed E-state index contributed by atoms with van der Waals surface area (Å²) in [7, 11) is -0.777. The smallest absolute Gasteiger partial charge is 0.444 e. The first-order chi connectivity index (χ1) is 18.6. The molecule has 216 valence electrons. The summed E-state index contributed by atoms with van der Waals surface area (Å²) in [6, 6.07) is 13.1. The monoisotopic (exact) mass is 552 g/mol. The summed E-state index contributed by atoms with van der Waals surface area (Å²) in [6.45, 7) is 14.9. The highest BCUT2D eigenvalue weighted by Gasteiger charge is 2.52. The maximum Gasteiger partial charge on any atom is 0.497 e. The number of carbonyl (C=O) groups excluding carboxylic acids is 2. The minimum absolute atomic E-state index is 0.00320. The van der Waals surface area contributed by atoms with E-state index in [0.29, 0.717) is 36.6 Å². The Hall–Kier alpha value is -2.91. The highest BCUT2D eigenvalue weighted by atomic mass is 19.1. The number of ether oxygens (including phenoxy) is 1. The lowest BCUT2D eigenvalue weighted by Gasteiger charge is -2.32. The van der Waals surface area contributed by atoms with Crippen LogP contribution in [0, 0.1) is 5.82 Å². The van der Waals surface area contributed by atoms with Crippen molar-refractivity contribution in [1.82, 2.24) is 10.2 Å². The number of piperidine rings is 1. The van der Waals surface area contributed by atoms with Gasteiger partial charge in [0.1, 0.15) is 11.4 Å². The number of alkyl carbamates (subject to hydrolysis) is 1. The number of hydrogen-bond donors (Lipinski definition) is 1. The van der Waals surface area contributed by atoms with Crippen molar-refractivity contribution in [3.8, 4) is 0 Å². The van der Waals surface area contributed by atoms with Crippen LogP contribution < -0.4 is 10.8 Å². The van der Waals surface area contributed by atoms with Gasteiger partial charge in [0.05, 0.1) is 17.6 Å². The maximum absolute atomic E-state index is 15.0. The molecule has 0 radical (unpaired) electrons. The fraction of sp³-hybridized carbons (Fsp3) is 0.548. The van der Waals surface area contributed by atoms with Crippen LogP contribution in [0.15, 0.2) is 42.5 Å². The number of amides is 2. The highest BCUT2D eigenvalue weighted by molar-refractivity contribution is 6.62. The second-order valence-corrected chi connectivity index (χ2v) is 12.9. The fourth-order valence-corrected chi connectivity index (χ4v) is 5.04. The largest absolute Gasteiger partial charge is 0.497 e. The molecule has 0 aromatic heterocycles. The summed E-state index contributed by atoms with van der Waals surface area (Å²) < 4.78 is 32.3. The molecule has 0 unspecified atom stereocenters. The first kappa shape index (κ1) is 30.1. The summed E-state index contributed by atoms with van der Waals surface area (Å²) >= 11 is 0. The van der Waals surface area contributed by atoms with Crippen LogP contribution in [0.5, 0.6) is 0 Å². The topological polar surface area (TPSA) is 77.1 Å². The zero-order valence-electron chi connectivity index (χ0n) is 24.8. The third-order valence-corrected chi connectivity index (χ3v) is 8.03. The standard InChI is InChI=1S/C31H42BFN2O5/c1-29(2,3)38-28(37)34-20-22-9-8-10-24(17-22)23-13-15-35(16-14-23)27(36)19-21-11-12-25(26(33)18-21)32-39-30(4,5)31(6,7)40-32/h8-12,17-18,23H,13-16,19-20H2,1-7H3,(H,34,37). The van der Waals surface area contributed by atoms with Crippen molar-refractivity contribution in [1.29, 1.82) is 0 Å². The molecule has 0 spiro atoms. The molecule has 2 aromatic carbocycles. The molecule has 2 heterocycles. The van der Waals surface area contributed by atoms with Crippen LogP contribution in [0.1, 0.15) is 83.9 Å². The zero-order chi connectivity index (χ0) is 29.3. The van der Waals surface area contributed by atoms with Crippen LogP contribution >= 0.6 is 0 Å². The van der Waals surface area contributed by atoms with Crippen LogP contribution in [0.25, 0.3) is 0 Å². The van der Waals surface area contributed by atoms with Crippen molar-refractivity contribution < 1.29 is 28.0 Å². The first-order valence-corrected chi connectivity index (χ1v) is 14.1. The van der Waals surface area contributed by atoms with Crippen molar-refractivity contribution in [3.63, 3.8) is 0 Å². The lowest BCUT2D eigenvalue weighted by molar-refractivity contribution is -0.131. The van der Waals surface area contributed by atoms with Gasteiger partial charge in [-0.1, -0.05) is 36.4 Å². The Bertz CT molecular complexity index is 1220. The molecule has 9 heteroatoms. The second-order valence-electron chi connectivity index (χ2n) is 12.9. The number of hydrogen-bond acceptors (Lipinski definition) is 5. The van der Waals surface area contributed by atoms with Crippen molar-refractivity contribution in [2.75, 3.05) is 13.1 Å². The Morgan fingerprint density at radius 1 is 1.02 bits per heavy atom. The summed E-state index contributed by atoms with van der Waals surface area (Å²) in [5, 5.41) is 2.81. The normalized spacial score (nSPS) is 19.0. The van der Waals surface area contributed by atoms with Crippen LogP contribution in [0.2, 0.25) is 0 Å². The predicted octanol–water partition coefficient (Wildman–Crippen LogP) is 5.10. The highest BCUT2D eigenvalue weighted by Crippen LogP contribution is 2.36. The van der Waals surface area contributed by atoms with Gasteiger partial charge in [0.15, 0.2) is 0 Å². The molecule has 40 heavy (non-hydrogen) atoms. The average molecular weight is 552 g/mol. The zero-order valence-corrected chi connectivity index (χ0v) is 24.8. The third kappa shape index (κ3) is 7.23. The van der Waals surface area contributed by atoms with Gasteiger partial charge in [-0.15, -0.1) is 0 Å². The van der Waals surface area contributed by atoms with Gasteiger partial charge in [-0.25, -0.2) is 9.18 Å². The van der Waals surface area contributed by atoms with E-state index in [-0.39, 0.29) is 12.3 Å². The molecule has 4 rings (SSSR count). The Morgan fingerprint density at radius 3 is 2.27 bits per heavy atom. The van der Waals surface area contributed by atoms with Crippen molar-refractivity contribution >= 4 is 24.6 Å². The van der Waals surface area contributed by atoms with Crippen molar-refractivity contribution in [2.24, 2.45) is 0 Å². The Balaban J connectivity index is 1.29. The molecule has 1 N–H and O–H groups in total. The molecule has 2 aliphatic heterocycles. The molecule has 2 aliphatic rings. The summed E-state index contributed by atoms with van der Waals surface area (Å²) in [4.78, 5) is 26.9. The van der Waals surface area contributed by atoms with Crippen LogP contribution in [0.4, 0.5) is 9.18 Å². The maximum atomic E-state index is 15.0. The Kier molecular flexibility index (Phi) is 8.67. The van der Waals surface area contributed by atoms with E-state index in [1.165, 1.54) is 11.6 Å². The average Bonchev–Trinajstić information content (AvgIpc) is 3.08. The molecule has 0 atom stereocenters. The van der Waals surface area contributed by atoms with E-state index in [1.807, 2.05) is 65.5 Å². The lowest BCUT2D eigenvalue weighted by atomic mass is 9.78. The van der Waals surface area contributed by atoms with E-state index >= 15 is 4.39 Å². The van der Waals surface area contributed by atoms with Gasteiger partial charge in [-0.2, -0.15) is 0 Å². The van der Waals surface area contributed by atoms with E-state index < -0.39 is 35.8 Å². The molecule has 2 fully saturated rings. The number of nitrogens with one attached hydrogen (secondary N) is 1. The van der Waals surface area contributed by atoms with Gasteiger partial charge < -0.3 is 24.3 Å². The number of halogens is 1. The van der Waals surface area contributed by atoms with E-state index in [0.717, 1.165) is 18.4 Å². The first-order valence-electron chi connectivity index (χ1n) is 14.1. The van der Waals surface area contributed by atoms with Gasteiger partial charge >= 0.3 is 13.2 Å². The number of rotatable bonds is 6. The fourth-order valence-electron chi connectivity index (χ4n) is 5.04. The molecular weight excluding hydrogens is 510 g/mol. The number of nitrogens with zero attached hydrogens (tertiary/aromatic N) is 1. The summed E-state index contributed by atoms with van der Waals surface area (Å²) in [6.07, 6.45) is 1.41. The van der Waals surface area contributed by atoms with E-state index in [4.69, 9.17) is 14.0 Å². The van der Waals surface area contributed by atoms with Crippen LogP contribution in [-0.4, -0.2) is 53.9 Å². The lowest BCUT2D eigenvalue weighted by Crippen LogP contribution is -2.41. The predicted molar refractivity (Wildman–Crippen MR) is 154 cm³/mol. The number of benzene rings is 2. The van der Waals surface area contributed by atoms with Gasteiger partial charge in [-0.3, -0.25) is 4.79 Å². The Morgan fingerprint density at radius 2 is 1.68 bits per heavy atom.